The van der Waals surface area contributed by atoms with E-state index in [0.717, 1.165) is 32.1 Å². The first-order chi connectivity index (χ1) is 9.47. The number of carboxylic acid groups (broad SMARTS) is 1. The standard InChI is InChI=1S/C15H27NO4/c1-12(5-8-17)11-16-13(18)9-15(10-14(19)20)6-3-2-4-7-15/h12,17H,2-11H2,1H3,(H,16,18)(H,19,20). The predicted octanol–water partition coefficient (Wildman–Crippen LogP) is 1.94. The Morgan fingerprint density at radius 1 is 1.20 bits per heavy atom. The lowest BCUT2D eigenvalue weighted by Crippen LogP contribution is -2.36. The second kappa shape index (κ2) is 8.25. The van der Waals surface area contributed by atoms with Crippen molar-refractivity contribution in [3.63, 3.8) is 0 Å². The number of carbonyl (C=O) groups is 2. The highest BCUT2D eigenvalue weighted by molar-refractivity contribution is 5.78. The van der Waals surface area contributed by atoms with Crippen LogP contribution in [-0.4, -0.2) is 35.2 Å². The number of hydrogen-bond acceptors (Lipinski definition) is 3. The second-order valence-corrected chi connectivity index (χ2v) is 6.23. The van der Waals surface area contributed by atoms with Gasteiger partial charge in [-0.05, 0) is 30.6 Å². The lowest BCUT2D eigenvalue weighted by Gasteiger charge is -2.35. The zero-order chi connectivity index (χ0) is 15.0. The van der Waals surface area contributed by atoms with Gasteiger partial charge in [-0.3, -0.25) is 9.59 Å². The van der Waals surface area contributed by atoms with Gasteiger partial charge in [0.1, 0.15) is 0 Å². The third kappa shape index (κ3) is 5.90. The Hall–Kier alpha value is -1.10. The SMILES string of the molecule is CC(CCO)CNC(=O)CC1(CC(=O)O)CCCCC1. The van der Waals surface area contributed by atoms with Crippen LogP contribution in [-0.2, 0) is 9.59 Å². The fourth-order valence-corrected chi connectivity index (χ4v) is 3.05. The summed E-state index contributed by atoms with van der Waals surface area (Å²) in [6.07, 6.45) is 5.90. The van der Waals surface area contributed by atoms with Crippen molar-refractivity contribution in [3.8, 4) is 0 Å². The van der Waals surface area contributed by atoms with Crippen molar-refractivity contribution in [3.05, 3.63) is 0 Å². The lowest BCUT2D eigenvalue weighted by molar-refractivity contribution is -0.141. The van der Waals surface area contributed by atoms with Crippen LogP contribution in [0.1, 0.15) is 58.3 Å². The molecule has 0 aromatic heterocycles. The molecule has 3 N–H and O–H groups in total. The van der Waals surface area contributed by atoms with Crippen molar-refractivity contribution in [2.24, 2.45) is 11.3 Å². The minimum atomic E-state index is -0.812. The summed E-state index contributed by atoms with van der Waals surface area (Å²) in [6.45, 7) is 2.65. The summed E-state index contributed by atoms with van der Waals surface area (Å²) in [7, 11) is 0. The molecule has 0 aromatic rings. The molecule has 0 saturated heterocycles. The maximum atomic E-state index is 12.0. The first-order valence-corrected chi connectivity index (χ1v) is 7.57. The van der Waals surface area contributed by atoms with Crippen LogP contribution in [0.15, 0.2) is 0 Å². The van der Waals surface area contributed by atoms with E-state index in [-0.39, 0.29) is 30.3 Å². The van der Waals surface area contributed by atoms with Gasteiger partial charge in [0.15, 0.2) is 0 Å². The summed E-state index contributed by atoms with van der Waals surface area (Å²) < 4.78 is 0. The summed E-state index contributed by atoms with van der Waals surface area (Å²) in [6, 6.07) is 0. The molecule has 1 atom stereocenters. The van der Waals surface area contributed by atoms with E-state index in [2.05, 4.69) is 5.32 Å². The van der Waals surface area contributed by atoms with Gasteiger partial charge in [-0.25, -0.2) is 0 Å². The maximum Gasteiger partial charge on any atom is 0.303 e. The van der Waals surface area contributed by atoms with Gasteiger partial charge >= 0.3 is 5.97 Å². The zero-order valence-corrected chi connectivity index (χ0v) is 12.4. The molecule has 1 aliphatic rings. The van der Waals surface area contributed by atoms with Crippen LogP contribution >= 0.6 is 0 Å². The van der Waals surface area contributed by atoms with Gasteiger partial charge in [0.25, 0.3) is 0 Å². The molecule has 1 aliphatic carbocycles. The molecule has 0 aliphatic heterocycles. The van der Waals surface area contributed by atoms with Crippen LogP contribution in [0.25, 0.3) is 0 Å². The molecule has 0 heterocycles. The largest absolute Gasteiger partial charge is 0.481 e. The van der Waals surface area contributed by atoms with E-state index in [0.29, 0.717) is 19.4 Å². The number of carbonyl (C=O) groups excluding carboxylic acids is 1. The van der Waals surface area contributed by atoms with Gasteiger partial charge in [-0.15, -0.1) is 0 Å². The average Bonchev–Trinajstić information content (AvgIpc) is 2.36. The predicted molar refractivity (Wildman–Crippen MR) is 76.3 cm³/mol. The van der Waals surface area contributed by atoms with Gasteiger partial charge in [0, 0.05) is 19.6 Å². The Morgan fingerprint density at radius 2 is 1.85 bits per heavy atom. The van der Waals surface area contributed by atoms with Crippen LogP contribution < -0.4 is 5.32 Å². The number of amides is 1. The third-order valence-electron chi connectivity index (χ3n) is 4.25. The van der Waals surface area contributed by atoms with Crippen LogP contribution in [0.5, 0.6) is 0 Å². The van der Waals surface area contributed by atoms with Crippen LogP contribution in [0.4, 0.5) is 0 Å². The third-order valence-corrected chi connectivity index (χ3v) is 4.25. The molecule has 0 spiro atoms. The van der Waals surface area contributed by atoms with Crippen LogP contribution in [0.2, 0.25) is 0 Å². The van der Waals surface area contributed by atoms with Crippen LogP contribution in [0, 0.1) is 11.3 Å². The number of aliphatic carboxylic acids is 1. The molecule has 1 fully saturated rings. The normalized spacial score (nSPS) is 19.3. The Bertz CT molecular complexity index is 324. The molecule has 1 amide bonds. The topological polar surface area (TPSA) is 86.6 Å². The molecule has 0 bridgehead atoms. The molecule has 1 unspecified atom stereocenters. The molecule has 116 valence electrons. The van der Waals surface area contributed by atoms with E-state index in [1.807, 2.05) is 6.92 Å². The Morgan fingerprint density at radius 3 is 2.40 bits per heavy atom. The summed E-state index contributed by atoms with van der Waals surface area (Å²) in [5.41, 5.74) is -0.353. The van der Waals surface area contributed by atoms with Crippen molar-refractivity contribution < 1.29 is 19.8 Å². The number of carboxylic acids is 1. The number of nitrogens with one attached hydrogen (secondary N) is 1. The highest BCUT2D eigenvalue weighted by Gasteiger charge is 2.36. The molecular weight excluding hydrogens is 258 g/mol. The molecule has 1 saturated carbocycles. The number of hydrogen-bond donors (Lipinski definition) is 3. The van der Waals surface area contributed by atoms with E-state index in [1.54, 1.807) is 0 Å². The van der Waals surface area contributed by atoms with E-state index >= 15 is 0 Å². The van der Waals surface area contributed by atoms with E-state index in [9.17, 15) is 9.59 Å². The molecule has 20 heavy (non-hydrogen) atoms. The smallest absolute Gasteiger partial charge is 0.303 e. The fourth-order valence-electron chi connectivity index (χ4n) is 3.05. The lowest BCUT2D eigenvalue weighted by atomic mass is 9.69. The molecule has 5 heteroatoms. The van der Waals surface area contributed by atoms with Crippen LogP contribution in [0.3, 0.4) is 0 Å². The summed E-state index contributed by atoms with van der Waals surface area (Å²) in [4.78, 5) is 23.1. The summed E-state index contributed by atoms with van der Waals surface area (Å²) in [5, 5.41) is 20.8. The van der Waals surface area contributed by atoms with Crippen molar-refractivity contribution in [2.75, 3.05) is 13.2 Å². The number of aliphatic hydroxyl groups is 1. The van der Waals surface area contributed by atoms with Gasteiger partial charge in [0.2, 0.25) is 5.91 Å². The molecule has 1 rings (SSSR count). The average molecular weight is 285 g/mol. The van der Waals surface area contributed by atoms with Crippen molar-refractivity contribution in [1.82, 2.24) is 5.32 Å². The quantitative estimate of drug-likeness (QED) is 0.636. The van der Waals surface area contributed by atoms with Crippen molar-refractivity contribution >= 4 is 11.9 Å². The minimum Gasteiger partial charge on any atom is -0.481 e. The highest BCUT2D eigenvalue weighted by Crippen LogP contribution is 2.42. The van der Waals surface area contributed by atoms with Gasteiger partial charge < -0.3 is 15.5 Å². The molecule has 0 radical (unpaired) electrons. The first kappa shape index (κ1) is 17.0. The monoisotopic (exact) mass is 285 g/mol. The Balaban J connectivity index is 2.47. The fraction of sp³-hybridized carbons (Fsp3) is 0.867. The number of aliphatic hydroxyl groups excluding tert-OH is 1. The Labute approximate surface area is 120 Å². The summed E-state index contributed by atoms with van der Waals surface area (Å²) >= 11 is 0. The summed E-state index contributed by atoms with van der Waals surface area (Å²) in [5.74, 6) is -0.628. The second-order valence-electron chi connectivity index (χ2n) is 6.23. The van der Waals surface area contributed by atoms with E-state index in [1.165, 1.54) is 0 Å². The number of rotatable bonds is 8. The molecular formula is C15H27NO4. The van der Waals surface area contributed by atoms with Crippen molar-refractivity contribution in [1.29, 1.82) is 0 Å². The van der Waals surface area contributed by atoms with E-state index < -0.39 is 5.97 Å². The van der Waals surface area contributed by atoms with E-state index in [4.69, 9.17) is 10.2 Å². The minimum absolute atomic E-state index is 0.0575. The Kier molecular flexibility index (Phi) is 6.99. The molecule has 0 aromatic carbocycles. The van der Waals surface area contributed by atoms with Gasteiger partial charge in [-0.1, -0.05) is 26.2 Å². The maximum absolute atomic E-state index is 12.0. The zero-order valence-electron chi connectivity index (χ0n) is 12.4. The van der Waals surface area contributed by atoms with Crippen molar-refractivity contribution in [2.45, 2.75) is 58.3 Å². The molecule has 5 nitrogen and oxygen atoms in total. The highest BCUT2D eigenvalue weighted by atomic mass is 16.4. The van der Waals surface area contributed by atoms with Gasteiger partial charge in [-0.2, -0.15) is 0 Å². The van der Waals surface area contributed by atoms with Gasteiger partial charge in [0.05, 0.1) is 6.42 Å². The first-order valence-electron chi connectivity index (χ1n) is 7.57.